The van der Waals surface area contributed by atoms with E-state index < -0.39 is 5.91 Å². The first-order valence-electron chi connectivity index (χ1n) is 6.50. The van der Waals surface area contributed by atoms with Gasteiger partial charge in [-0.15, -0.1) is 0 Å². The van der Waals surface area contributed by atoms with Gasteiger partial charge in [-0.2, -0.15) is 0 Å². The fraction of sp³-hybridized carbons (Fsp3) is 0.0625. The van der Waals surface area contributed by atoms with Crippen LogP contribution in [0.15, 0.2) is 42.5 Å². The van der Waals surface area contributed by atoms with E-state index in [0.717, 1.165) is 16.3 Å². The SMILES string of the molecule is Cc1nc(-c2cccc3ccccc23)nc(N)c1C(N)=O. The van der Waals surface area contributed by atoms with E-state index in [4.69, 9.17) is 11.5 Å². The number of benzene rings is 2. The first-order chi connectivity index (χ1) is 10.1. The summed E-state index contributed by atoms with van der Waals surface area (Å²) in [6.07, 6.45) is 0. The largest absolute Gasteiger partial charge is 0.383 e. The Balaban J connectivity index is 2.27. The Morgan fingerprint density at radius 3 is 2.48 bits per heavy atom. The van der Waals surface area contributed by atoms with Crippen LogP contribution in [0.4, 0.5) is 5.82 Å². The van der Waals surface area contributed by atoms with E-state index in [-0.39, 0.29) is 11.4 Å². The van der Waals surface area contributed by atoms with Crippen LogP contribution >= 0.6 is 0 Å². The maximum Gasteiger partial charge on any atom is 0.254 e. The average molecular weight is 278 g/mol. The Hall–Kier alpha value is -2.95. The molecule has 21 heavy (non-hydrogen) atoms. The van der Waals surface area contributed by atoms with Crippen molar-refractivity contribution >= 4 is 22.5 Å². The third-order valence-electron chi connectivity index (χ3n) is 3.39. The van der Waals surface area contributed by atoms with E-state index in [2.05, 4.69) is 9.97 Å². The van der Waals surface area contributed by atoms with E-state index in [1.54, 1.807) is 6.92 Å². The van der Waals surface area contributed by atoms with Gasteiger partial charge in [0.2, 0.25) is 0 Å². The fourth-order valence-corrected chi connectivity index (χ4v) is 2.44. The number of nitrogens with zero attached hydrogens (tertiary/aromatic N) is 2. The van der Waals surface area contributed by atoms with Gasteiger partial charge < -0.3 is 11.5 Å². The Morgan fingerprint density at radius 1 is 1.05 bits per heavy atom. The molecule has 0 unspecified atom stereocenters. The summed E-state index contributed by atoms with van der Waals surface area (Å²) in [5, 5.41) is 2.12. The molecule has 4 N–H and O–H groups in total. The quantitative estimate of drug-likeness (QED) is 0.751. The van der Waals surface area contributed by atoms with Crippen molar-refractivity contribution in [3.05, 3.63) is 53.7 Å². The average Bonchev–Trinajstić information content (AvgIpc) is 2.45. The molecule has 1 heterocycles. The van der Waals surface area contributed by atoms with Gasteiger partial charge in [0.15, 0.2) is 5.82 Å². The highest BCUT2D eigenvalue weighted by molar-refractivity contribution is 5.99. The molecular formula is C16H14N4O. The molecule has 5 heteroatoms. The highest BCUT2D eigenvalue weighted by Gasteiger charge is 2.15. The molecule has 0 aliphatic rings. The van der Waals surface area contributed by atoms with E-state index in [1.807, 2.05) is 42.5 Å². The number of hydrogen-bond donors (Lipinski definition) is 2. The zero-order chi connectivity index (χ0) is 15.0. The molecule has 3 rings (SSSR count). The maximum atomic E-state index is 11.4. The van der Waals surface area contributed by atoms with Crippen molar-refractivity contribution in [1.29, 1.82) is 0 Å². The molecule has 0 saturated carbocycles. The maximum absolute atomic E-state index is 11.4. The third kappa shape index (κ3) is 2.18. The van der Waals surface area contributed by atoms with Crippen LogP contribution < -0.4 is 11.5 Å². The predicted molar refractivity (Wildman–Crippen MR) is 82.6 cm³/mol. The number of hydrogen-bond acceptors (Lipinski definition) is 4. The number of anilines is 1. The van der Waals surface area contributed by atoms with Gasteiger partial charge in [-0.3, -0.25) is 4.79 Å². The molecule has 104 valence electrons. The molecule has 0 bridgehead atoms. The van der Waals surface area contributed by atoms with E-state index >= 15 is 0 Å². The first kappa shape index (κ1) is 13.1. The smallest absolute Gasteiger partial charge is 0.254 e. The van der Waals surface area contributed by atoms with Gasteiger partial charge in [0.05, 0.1) is 5.69 Å². The number of nitrogen functional groups attached to an aromatic ring is 1. The number of rotatable bonds is 2. The van der Waals surface area contributed by atoms with Gasteiger partial charge in [-0.1, -0.05) is 42.5 Å². The third-order valence-corrected chi connectivity index (χ3v) is 3.39. The number of carbonyl (C=O) groups excluding carboxylic acids is 1. The van der Waals surface area contributed by atoms with Crippen LogP contribution in [0.25, 0.3) is 22.2 Å². The summed E-state index contributed by atoms with van der Waals surface area (Å²) in [5.74, 6) is -0.0146. The van der Waals surface area contributed by atoms with Crippen LogP contribution in [0.1, 0.15) is 16.1 Å². The predicted octanol–water partition coefficient (Wildman–Crippen LogP) is 2.29. The minimum atomic E-state index is -0.616. The number of primary amides is 1. The second kappa shape index (κ2) is 4.86. The van der Waals surface area contributed by atoms with E-state index in [1.165, 1.54) is 0 Å². The molecule has 0 fully saturated rings. The molecule has 0 aliphatic heterocycles. The van der Waals surface area contributed by atoms with Gasteiger partial charge in [-0.05, 0) is 17.7 Å². The molecule has 5 nitrogen and oxygen atoms in total. The summed E-state index contributed by atoms with van der Waals surface area (Å²) >= 11 is 0. The topological polar surface area (TPSA) is 94.9 Å². The molecule has 0 saturated heterocycles. The highest BCUT2D eigenvalue weighted by Crippen LogP contribution is 2.27. The van der Waals surface area contributed by atoms with E-state index in [9.17, 15) is 4.79 Å². The summed E-state index contributed by atoms with van der Waals surface area (Å²) < 4.78 is 0. The molecular weight excluding hydrogens is 264 g/mol. The lowest BCUT2D eigenvalue weighted by Gasteiger charge is -2.09. The second-order valence-electron chi connectivity index (χ2n) is 4.78. The van der Waals surface area contributed by atoms with Crippen LogP contribution in [0, 0.1) is 6.92 Å². The first-order valence-corrected chi connectivity index (χ1v) is 6.50. The Labute approximate surface area is 121 Å². The van der Waals surface area contributed by atoms with Gasteiger partial charge in [0, 0.05) is 5.56 Å². The van der Waals surface area contributed by atoms with Crippen LogP contribution in [-0.2, 0) is 0 Å². The fourth-order valence-electron chi connectivity index (χ4n) is 2.44. The molecule has 2 aromatic carbocycles. The summed E-state index contributed by atoms with van der Waals surface area (Å²) in [4.78, 5) is 20.0. The monoisotopic (exact) mass is 278 g/mol. The summed E-state index contributed by atoms with van der Waals surface area (Å²) in [5.41, 5.74) is 12.7. The molecule has 0 spiro atoms. The lowest BCUT2D eigenvalue weighted by Crippen LogP contribution is -2.17. The van der Waals surface area contributed by atoms with Gasteiger partial charge >= 0.3 is 0 Å². The zero-order valence-corrected chi connectivity index (χ0v) is 11.5. The van der Waals surface area contributed by atoms with Gasteiger partial charge in [0.25, 0.3) is 5.91 Å². The van der Waals surface area contributed by atoms with Crippen LogP contribution in [0.5, 0.6) is 0 Å². The minimum absolute atomic E-state index is 0.109. The lowest BCUT2D eigenvalue weighted by atomic mass is 10.0. The van der Waals surface area contributed by atoms with Gasteiger partial charge in [-0.25, -0.2) is 9.97 Å². The van der Waals surface area contributed by atoms with Crippen molar-refractivity contribution in [2.45, 2.75) is 6.92 Å². The lowest BCUT2D eigenvalue weighted by molar-refractivity contribution is 0.1000. The van der Waals surface area contributed by atoms with Crippen molar-refractivity contribution < 1.29 is 4.79 Å². The Kier molecular flexibility index (Phi) is 3.02. The molecule has 3 aromatic rings. The highest BCUT2D eigenvalue weighted by atomic mass is 16.1. The normalized spacial score (nSPS) is 10.7. The number of amides is 1. The summed E-state index contributed by atoms with van der Waals surface area (Å²) in [6.45, 7) is 1.70. The molecule has 1 aromatic heterocycles. The molecule has 0 aliphatic carbocycles. The van der Waals surface area contributed by atoms with Crippen molar-refractivity contribution in [2.24, 2.45) is 5.73 Å². The Bertz CT molecular complexity index is 830. The van der Waals surface area contributed by atoms with Crippen LogP contribution in [-0.4, -0.2) is 15.9 Å². The summed E-state index contributed by atoms with van der Waals surface area (Å²) in [6, 6.07) is 13.8. The van der Waals surface area contributed by atoms with Crippen LogP contribution in [0.3, 0.4) is 0 Å². The Morgan fingerprint density at radius 2 is 1.76 bits per heavy atom. The van der Waals surface area contributed by atoms with Crippen molar-refractivity contribution in [3.8, 4) is 11.4 Å². The zero-order valence-electron chi connectivity index (χ0n) is 11.5. The standard InChI is InChI=1S/C16H14N4O/c1-9-13(15(18)21)14(17)20-16(19-9)12-8-4-6-10-5-2-3-7-11(10)12/h2-8H,1H3,(H2,18,21)(H2,17,19,20). The molecule has 0 radical (unpaired) electrons. The van der Waals surface area contributed by atoms with Crippen molar-refractivity contribution in [3.63, 3.8) is 0 Å². The number of aromatic nitrogens is 2. The van der Waals surface area contributed by atoms with Gasteiger partial charge in [0.1, 0.15) is 11.4 Å². The van der Waals surface area contributed by atoms with E-state index in [0.29, 0.717) is 11.5 Å². The number of nitrogens with two attached hydrogens (primary N) is 2. The van der Waals surface area contributed by atoms with Crippen LogP contribution in [0.2, 0.25) is 0 Å². The van der Waals surface area contributed by atoms with Crippen molar-refractivity contribution in [2.75, 3.05) is 5.73 Å². The number of fused-ring (bicyclic) bond motifs is 1. The number of carbonyl (C=O) groups is 1. The second-order valence-corrected chi connectivity index (χ2v) is 4.78. The minimum Gasteiger partial charge on any atom is -0.383 e. The molecule has 1 amide bonds. The number of aryl methyl sites for hydroxylation is 1. The van der Waals surface area contributed by atoms with Crippen molar-refractivity contribution in [1.82, 2.24) is 9.97 Å². The molecule has 0 atom stereocenters. The summed E-state index contributed by atoms with van der Waals surface area (Å²) in [7, 11) is 0.